The summed E-state index contributed by atoms with van der Waals surface area (Å²) >= 11 is 0. The lowest BCUT2D eigenvalue weighted by Crippen LogP contribution is -2.40. The van der Waals surface area contributed by atoms with Crippen LogP contribution in [-0.2, 0) is 0 Å². The molecule has 0 atom stereocenters. The van der Waals surface area contributed by atoms with Gasteiger partial charge >= 0.3 is 0 Å². The fraction of sp³-hybridized carbons (Fsp3) is 1.00. The van der Waals surface area contributed by atoms with Crippen molar-refractivity contribution in [2.24, 2.45) is 5.41 Å². The molecular formula is C11H20O2. The molecule has 0 saturated heterocycles. The molecule has 2 heteroatoms. The maximum absolute atomic E-state index is 9.87. The summed E-state index contributed by atoms with van der Waals surface area (Å²) in [6.07, 6.45) is 9.33. The number of aliphatic hydroxyl groups excluding tert-OH is 1. The largest absolute Gasteiger partial charge is 0.393 e. The van der Waals surface area contributed by atoms with Crippen LogP contribution in [0.25, 0.3) is 0 Å². The van der Waals surface area contributed by atoms with E-state index in [-0.39, 0.29) is 6.61 Å². The highest BCUT2D eigenvalue weighted by molar-refractivity contribution is 4.94. The molecule has 0 unspecified atom stereocenters. The second-order valence-corrected chi connectivity index (χ2v) is 5.09. The molecule has 0 aromatic carbocycles. The Balaban J connectivity index is 1.95. The molecule has 76 valence electrons. The summed E-state index contributed by atoms with van der Waals surface area (Å²) in [7, 11) is 0. The Kier molecular flexibility index (Phi) is 2.37. The van der Waals surface area contributed by atoms with Crippen molar-refractivity contribution in [3.63, 3.8) is 0 Å². The van der Waals surface area contributed by atoms with E-state index in [1.807, 2.05) is 0 Å². The highest BCUT2D eigenvalue weighted by atomic mass is 16.3. The van der Waals surface area contributed by atoms with Gasteiger partial charge in [-0.05, 0) is 43.9 Å². The summed E-state index contributed by atoms with van der Waals surface area (Å²) in [5.41, 5.74) is -0.185. The van der Waals surface area contributed by atoms with Gasteiger partial charge in [0.2, 0.25) is 0 Å². The van der Waals surface area contributed by atoms with Crippen LogP contribution in [0.2, 0.25) is 0 Å². The molecular weight excluding hydrogens is 164 g/mol. The second kappa shape index (κ2) is 3.25. The quantitative estimate of drug-likeness (QED) is 0.653. The Hall–Kier alpha value is -0.0800. The maximum Gasteiger partial charge on any atom is 0.0877 e. The normalized spacial score (nSPS) is 30.9. The van der Waals surface area contributed by atoms with E-state index in [0.29, 0.717) is 5.41 Å². The smallest absolute Gasteiger partial charge is 0.0877 e. The van der Waals surface area contributed by atoms with Gasteiger partial charge in [-0.1, -0.05) is 12.8 Å². The van der Waals surface area contributed by atoms with E-state index in [1.165, 1.54) is 25.7 Å². The van der Waals surface area contributed by atoms with Crippen LogP contribution in [0.1, 0.15) is 51.4 Å². The molecule has 2 N–H and O–H groups in total. The number of aliphatic hydroxyl groups is 2. The van der Waals surface area contributed by atoms with E-state index in [1.54, 1.807) is 0 Å². The molecule has 0 aromatic rings. The van der Waals surface area contributed by atoms with Gasteiger partial charge in [0.05, 0.1) is 12.2 Å². The summed E-state index contributed by atoms with van der Waals surface area (Å²) in [5, 5.41) is 18.9. The molecule has 2 nitrogen and oxygen atoms in total. The van der Waals surface area contributed by atoms with E-state index in [0.717, 1.165) is 25.7 Å². The van der Waals surface area contributed by atoms with Crippen LogP contribution < -0.4 is 0 Å². The van der Waals surface area contributed by atoms with Crippen molar-refractivity contribution in [3.05, 3.63) is 0 Å². The Morgan fingerprint density at radius 2 is 1.38 bits per heavy atom. The molecule has 0 radical (unpaired) electrons. The van der Waals surface area contributed by atoms with Gasteiger partial charge in [0.25, 0.3) is 0 Å². The summed E-state index contributed by atoms with van der Waals surface area (Å²) in [6.45, 7) is -0.0525. The topological polar surface area (TPSA) is 40.5 Å². The third-order valence-electron chi connectivity index (χ3n) is 4.20. The van der Waals surface area contributed by atoms with Crippen LogP contribution in [-0.4, -0.2) is 22.4 Å². The fourth-order valence-electron chi connectivity index (χ4n) is 3.03. The Morgan fingerprint density at radius 3 is 1.85 bits per heavy atom. The first kappa shape index (κ1) is 9.47. The van der Waals surface area contributed by atoms with E-state index < -0.39 is 5.60 Å². The predicted molar refractivity (Wildman–Crippen MR) is 51.4 cm³/mol. The number of hydrogen-bond donors (Lipinski definition) is 2. The molecule has 2 rings (SSSR count). The second-order valence-electron chi connectivity index (χ2n) is 5.09. The van der Waals surface area contributed by atoms with Crippen molar-refractivity contribution in [3.8, 4) is 0 Å². The lowest BCUT2D eigenvalue weighted by atomic mass is 9.68. The van der Waals surface area contributed by atoms with E-state index >= 15 is 0 Å². The van der Waals surface area contributed by atoms with Crippen LogP contribution in [0, 0.1) is 5.41 Å². The van der Waals surface area contributed by atoms with Gasteiger partial charge < -0.3 is 10.2 Å². The van der Waals surface area contributed by atoms with Gasteiger partial charge in [0.1, 0.15) is 0 Å². The van der Waals surface area contributed by atoms with Gasteiger partial charge in [-0.15, -0.1) is 0 Å². The summed E-state index contributed by atoms with van der Waals surface area (Å²) in [4.78, 5) is 0. The average Bonchev–Trinajstić information content (AvgIpc) is 2.61. The van der Waals surface area contributed by atoms with Gasteiger partial charge in [-0.25, -0.2) is 0 Å². The van der Waals surface area contributed by atoms with E-state index in [2.05, 4.69) is 0 Å². The summed E-state index contributed by atoms with van der Waals surface area (Å²) < 4.78 is 0. The van der Waals surface area contributed by atoms with Gasteiger partial charge in [-0.2, -0.15) is 0 Å². The Labute approximate surface area is 80.0 Å². The first-order chi connectivity index (χ1) is 6.18. The van der Waals surface area contributed by atoms with E-state index in [9.17, 15) is 5.11 Å². The van der Waals surface area contributed by atoms with Gasteiger partial charge in [0, 0.05) is 0 Å². The van der Waals surface area contributed by atoms with Crippen LogP contribution in [0.4, 0.5) is 0 Å². The van der Waals surface area contributed by atoms with Crippen LogP contribution >= 0.6 is 0 Å². The van der Waals surface area contributed by atoms with Crippen LogP contribution in [0.15, 0.2) is 0 Å². The van der Waals surface area contributed by atoms with Crippen molar-refractivity contribution in [2.75, 3.05) is 6.61 Å². The van der Waals surface area contributed by atoms with Crippen molar-refractivity contribution in [1.82, 2.24) is 0 Å². The molecule has 0 aliphatic heterocycles. The molecule has 0 aromatic heterocycles. The van der Waals surface area contributed by atoms with Crippen molar-refractivity contribution >= 4 is 0 Å². The lowest BCUT2D eigenvalue weighted by Gasteiger charge is -2.41. The predicted octanol–water partition coefficient (Wildman–Crippen LogP) is 1.84. The minimum Gasteiger partial charge on any atom is -0.393 e. The first-order valence-electron chi connectivity index (χ1n) is 5.51. The molecule has 2 aliphatic rings. The SMILES string of the molecule is OCC1(O)CCC2(CCCC2)CC1. The number of rotatable bonds is 1. The molecule has 1 spiro atoms. The first-order valence-corrected chi connectivity index (χ1v) is 5.51. The highest BCUT2D eigenvalue weighted by Gasteiger charge is 2.42. The zero-order valence-corrected chi connectivity index (χ0v) is 8.26. The van der Waals surface area contributed by atoms with Crippen LogP contribution in [0.3, 0.4) is 0 Å². The van der Waals surface area contributed by atoms with Gasteiger partial charge in [0.15, 0.2) is 0 Å². The van der Waals surface area contributed by atoms with Crippen molar-refractivity contribution in [1.29, 1.82) is 0 Å². The zero-order valence-electron chi connectivity index (χ0n) is 8.26. The summed E-state index contributed by atoms with van der Waals surface area (Å²) in [6, 6.07) is 0. The van der Waals surface area contributed by atoms with Crippen molar-refractivity contribution in [2.45, 2.75) is 57.0 Å². The molecule has 0 amide bonds. The minimum atomic E-state index is -0.742. The standard InChI is InChI=1S/C11H20O2/c12-9-11(13)7-5-10(6-8-11)3-1-2-4-10/h12-13H,1-9H2. The van der Waals surface area contributed by atoms with Gasteiger partial charge in [-0.3, -0.25) is 0 Å². The van der Waals surface area contributed by atoms with E-state index in [4.69, 9.17) is 5.11 Å². The molecule has 13 heavy (non-hydrogen) atoms. The molecule has 0 heterocycles. The monoisotopic (exact) mass is 184 g/mol. The molecule has 2 saturated carbocycles. The third kappa shape index (κ3) is 1.75. The fourth-order valence-corrected chi connectivity index (χ4v) is 3.03. The highest BCUT2D eigenvalue weighted by Crippen LogP contribution is 2.50. The third-order valence-corrected chi connectivity index (χ3v) is 4.20. The summed E-state index contributed by atoms with van der Waals surface area (Å²) in [5.74, 6) is 0. The van der Waals surface area contributed by atoms with Crippen LogP contribution in [0.5, 0.6) is 0 Å². The Morgan fingerprint density at radius 1 is 0.846 bits per heavy atom. The molecule has 0 bridgehead atoms. The molecule has 2 aliphatic carbocycles. The molecule has 2 fully saturated rings. The van der Waals surface area contributed by atoms with Crippen molar-refractivity contribution < 1.29 is 10.2 Å². The average molecular weight is 184 g/mol. The number of hydrogen-bond acceptors (Lipinski definition) is 2. The maximum atomic E-state index is 9.87. The lowest BCUT2D eigenvalue weighted by molar-refractivity contribution is -0.0683. The zero-order chi connectivity index (χ0) is 9.36. The Bertz CT molecular complexity index is 173. The minimum absolute atomic E-state index is 0.0525.